The summed E-state index contributed by atoms with van der Waals surface area (Å²) in [6, 6.07) is 5.92. The average molecular weight is 240 g/mol. The molecule has 1 aliphatic carbocycles. The van der Waals surface area contributed by atoms with Crippen LogP contribution in [-0.2, 0) is 6.42 Å². The van der Waals surface area contributed by atoms with E-state index in [9.17, 15) is 0 Å². The second-order valence-corrected chi connectivity index (χ2v) is 5.04. The molecule has 16 heavy (non-hydrogen) atoms. The first kappa shape index (κ1) is 11.7. The number of benzene rings is 1. The highest BCUT2D eigenvalue weighted by atomic mass is 35.5. The molecule has 0 bridgehead atoms. The lowest BCUT2D eigenvalue weighted by Crippen LogP contribution is -2.23. The van der Waals surface area contributed by atoms with Crippen LogP contribution in [0.4, 0.5) is 0 Å². The van der Waals surface area contributed by atoms with Crippen LogP contribution in [0.2, 0.25) is 5.02 Å². The Morgan fingerprint density at radius 2 is 2.25 bits per heavy atom. The van der Waals surface area contributed by atoms with Crippen LogP contribution in [0.1, 0.15) is 24.8 Å². The fourth-order valence-electron chi connectivity index (χ4n) is 2.05. The molecule has 1 atom stereocenters. The molecule has 0 spiro atoms. The van der Waals surface area contributed by atoms with Gasteiger partial charge in [0, 0.05) is 11.1 Å². The van der Waals surface area contributed by atoms with Gasteiger partial charge >= 0.3 is 0 Å². The molecule has 88 valence electrons. The molecule has 2 rings (SSSR count). The van der Waals surface area contributed by atoms with E-state index >= 15 is 0 Å². The Kier molecular flexibility index (Phi) is 3.72. The van der Waals surface area contributed by atoms with E-state index in [-0.39, 0.29) is 6.04 Å². The smallest absolute Gasteiger partial charge is 0.122 e. The average Bonchev–Trinajstić information content (AvgIpc) is 3.02. The van der Waals surface area contributed by atoms with E-state index < -0.39 is 0 Å². The molecule has 0 aromatic heterocycles. The van der Waals surface area contributed by atoms with Gasteiger partial charge in [-0.05, 0) is 42.5 Å². The lowest BCUT2D eigenvalue weighted by molar-refractivity contribution is 0.406. The van der Waals surface area contributed by atoms with Gasteiger partial charge in [0.25, 0.3) is 0 Å². The van der Waals surface area contributed by atoms with Gasteiger partial charge in [0.2, 0.25) is 0 Å². The van der Waals surface area contributed by atoms with Crippen molar-refractivity contribution in [3.63, 3.8) is 0 Å². The normalized spacial score (nSPS) is 17.2. The van der Waals surface area contributed by atoms with Crippen LogP contribution in [0.5, 0.6) is 5.75 Å². The summed E-state index contributed by atoms with van der Waals surface area (Å²) >= 11 is 5.98. The maximum absolute atomic E-state index is 6.12. The minimum absolute atomic E-state index is 0.222. The quantitative estimate of drug-likeness (QED) is 0.857. The number of methoxy groups -OCH3 is 1. The SMILES string of the molecule is COc1ccc(Cl)cc1CC(N)CC1CC1. The molecule has 2 nitrogen and oxygen atoms in total. The summed E-state index contributed by atoms with van der Waals surface area (Å²) in [7, 11) is 1.68. The van der Waals surface area contributed by atoms with Gasteiger partial charge < -0.3 is 10.5 Å². The van der Waals surface area contributed by atoms with Crippen molar-refractivity contribution in [1.29, 1.82) is 0 Å². The minimum atomic E-state index is 0.222. The number of ether oxygens (including phenoxy) is 1. The molecule has 0 amide bonds. The largest absolute Gasteiger partial charge is 0.496 e. The van der Waals surface area contributed by atoms with Crippen molar-refractivity contribution in [1.82, 2.24) is 0 Å². The molecule has 0 radical (unpaired) electrons. The van der Waals surface area contributed by atoms with Crippen molar-refractivity contribution in [2.24, 2.45) is 11.7 Å². The van der Waals surface area contributed by atoms with Crippen molar-refractivity contribution < 1.29 is 4.74 Å². The van der Waals surface area contributed by atoms with Gasteiger partial charge in [0.1, 0.15) is 5.75 Å². The van der Waals surface area contributed by atoms with Gasteiger partial charge in [-0.25, -0.2) is 0 Å². The maximum Gasteiger partial charge on any atom is 0.122 e. The summed E-state index contributed by atoms with van der Waals surface area (Å²) in [4.78, 5) is 0. The van der Waals surface area contributed by atoms with Crippen molar-refractivity contribution >= 4 is 11.6 Å². The van der Waals surface area contributed by atoms with Crippen LogP contribution in [0.25, 0.3) is 0 Å². The van der Waals surface area contributed by atoms with Crippen molar-refractivity contribution in [3.05, 3.63) is 28.8 Å². The summed E-state index contributed by atoms with van der Waals surface area (Å²) in [5.74, 6) is 1.75. The van der Waals surface area contributed by atoms with E-state index in [1.807, 2.05) is 18.2 Å². The van der Waals surface area contributed by atoms with E-state index in [1.54, 1.807) is 7.11 Å². The Morgan fingerprint density at radius 3 is 2.88 bits per heavy atom. The summed E-state index contributed by atoms with van der Waals surface area (Å²) in [5, 5.41) is 0.745. The molecule has 1 fully saturated rings. The van der Waals surface area contributed by atoms with Crippen LogP contribution in [0.3, 0.4) is 0 Å². The number of halogens is 1. The second-order valence-electron chi connectivity index (χ2n) is 4.60. The van der Waals surface area contributed by atoms with Gasteiger partial charge in [0.15, 0.2) is 0 Å². The number of hydrogen-bond acceptors (Lipinski definition) is 2. The Bertz CT molecular complexity index is 363. The Balaban J connectivity index is 2.02. The minimum Gasteiger partial charge on any atom is -0.496 e. The van der Waals surface area contributed by atoms with Gasteiger partial charge in [-0.15, -0.1) is 0 Å². The van der Waals surface area contributed by atoms with Gasteiger partial charge in [-0.1, -0.05) is 24.4 Å². The van der Waals surface area contributed by atoms with E-state index in [4.69, 9.17) is 22.1 Å². The van der Waals surface area contributed by atoms with Gasteiger partial charge in [-0.3, -0.25) is 0 Å². The molecule has 1 aromatic rings. The van der Waals surface area contributed by atoms with Crippen LogP contribution in [0, 0.1) is 5.92 Å². The second kappa shape index (κ2) is 5.07. The standard InChI is InChI=1S/C13H18ClNO/c1-16-13-5-4-11(14)7-10(13)8-12(15)6-9-2-3-9/h4-5,7,9,12H,2-3,6,8,15H2,1H3. The monoisotopic (exact) mass is 239 g/mol. The lowest BCUT2D eigenvalue weighted by atomic mass is 10.0. The number of rotatable bonds is 5. The molecule has 3 heteroatoms. The zero-order chi connectivity index (χ0) is 11.5. The topological polar surface area (TPSA) is 35.2 Å². The van der Waals surface area contributed by atoms with Gasteiger partial charge in [-0.2, -0.15) is 0 Å². The molecule has 1 unspecified atom stereocenters. The zero-order valence-corrected chi connectivity index (χ0v) is 10.3. The molecular formula is C13H18ClNO. The highest BCUT2D eigenvalue weighted by Gasteiger charge is 2.24. The van der Waals surface area contributed by atoms with Crippen LogP contribution < -0.4 is 10.5 Å². The molecule has 2 N–H and O–H groups in total. The van der Waals surface area contributed by atoms with E-state index in [0.29, 0.717) is 0 Å². The Morgan fingerprint density at radius 1 is 1.50 bits per heavy atom. The van der Waals surface area contributed by atoms with Crippen LogP contribution in [0.15, 0.2) is 18.2 Å². The van der Waals surface area contributed by atoms with Crippen LogP contribution in [-0.4, -0.2) is 13.2 Å². The van der Waals surface area contributed by atoms with Crippen molar-refractivity contribution in [2.75, 3.05) is 7.11 Å². The Labute approximate surface area is 102 Å². The molecular weight excluding hydrogens is 222 g/mol. The van der Waals surface area contributed by atoms with E-state index in [1.165, 1.54) is 12.8 Å². The third-order valence-electron chi connectivity index (χ3n) is 3.06. The summed E-state index contributed by atoms with van der Waals surface area (Å²) in [6.07, 6.45) is 4.66. The summed E-state index contributed by atoms with van der Waals surface area (Å²) in [6.45, 7) is 0. The molecule has 0 aliphatic heterocycles. The van der Waals surface area contributed by atoms with Gasteiger partial charge in [0.05, 0.1) is 7.11 Å². The molecule has 0 heterocycles. The predicted octanol–water partition coefficient (Wildman–Crippen LogP) is 3.02. The highest BCUT2D eigenvalue weighted by molar-refractivity contribution is 6.30. The Hall–Kier alpha value is -0.730. The maximum atomic E-state index is 6.12. The fraction of sp³-hybridized carbons (Fsp3) is 0.538. The van der Waals surface area contributed by atoms with Crippen molar-refractivity contribution in [2.45, 2.75) is 31.7 Å². The molecule has 1 aromatic carbocycles. The van der Waals surface area contributed by atoms with Crippen molar-refractivity contribution in [3.8, 4) is 5.75 Å². The number of hydrogen-bond donors (Lipinski definition) is 1. The fourth-order valence-corrected chi connectivity index (χ4v) is 2.25. The van der Waals surface area contributed by atoms with Crippen LogP contribution >= 0.6 is 11.6 Å². The first-order chi connectivity index (χ1) is 7.69. The summed E-state index contributed by atoms with van der Waals surface area (Å²) < 4.78 is 5.31. The predicted molar refractivity (Wildman–Crippen MR) is 67.0 cm³/mol. The highest BCUT2D eigenvalue weighted by Crippen LogP contribution is 2.34. The zero-order valence-electron chi connectivity index (χ0n) is 9.58. The molecule has 1 aliphatic rings. The summed E-state index contributed by atoms with van der Waals surface area (Å²) in [5.41, 5.74) is 7.24. The first-order valence-corrected chi connectivity index (χ1v) is 6.15. The molecule has 1 saturated carbocycles. The molecule has 0 saturated heterocycles. The van der Waals surface area contributed by atoms with E-state index in [2.05, 4.69) is 0 Å². The lowest BCUT2D eigenvalue weighted by Gasteiger charge is -2.14. The number of nitrogens with two attached hydrogens (primary N) is 1. The first-order valence-electron chi connectivity index (χ1n) is 5.77. The van der Waals surface area contributed by atoms with E-state index in [0.717, 1.165) is 35.1 Å². The third-order valence-corrected chi connectivity index (χ3v) is 3.29. The third kappa shape index (κ3) is 3.13.